The summed E-state index contributed by atoms with van der Waals surface area (Å²) < 4.78 is 0. The molecule has 0 atom stereocenters. The Bertz CT molecular complexity index is 368. The molecule has 0 aromatic carbocycles. The first-order valence-corrected chi connectivity index (χ1v) is 4.35. The van der Waals surface area contributed by atoms with Crippen molar-refractivity contribution in [2.75, 3.05) is 0 Å². The molecule has 1 aromatic rings. The number of carboxylic acid groups (broad SMARTS) is 1. The number of hydrogen-bond donors (Lipinski definition) is 1. The van der Waals surface area contributed by atoms with Gasteiger partial charge < -0.3 is 5.11 Å². The molecule has 0 radical (unpaired) electrons. The first kappa shape index (κ1) is 9.60. The van der Waals surface area contributed by atoms with Crippen molar-refractivity contribution in [2.24, 2.45) is 4.99 Å². The number of aromatic nitrogens is 1. The average Bonchev–Trinajstić information content (AvgIpc) is 2.51. The van der Waals surface area contributed by atoms with Crippen LogP contribution in [-0.4, -0.2) is 22.8 Å². The normalized spacial score (nSPS) is 11.3. The minimum absolute atomic E-state index is 0.258. The largest absolute Gasteiger partial charge is 0.478 e. The van der Waals surface area contributed by atoms with Gasteiger partial charge in [-0.1, -0.05) is 0 Å². The zero-order valence-corrected chi connectivity index (χ0v) is 7.84. The Balaban J connectivity index is 3.03. The Morgan fingerprint density at radius 1 is 1.85 bits per heavy atom. The van der Waals surface area contributed by atoms with E-state index in [1.807, 2.05) is 0 Å². The standard InChI is InChI=1S/C8H8N2O2S/c1-5(8(11)12)3-6-7(9-2)10-4-13-6/h3-4H,2H2,1H3,(H,11,12)/b5-3+. The number of nitrogens with zero attached hydrogens (tertiary/aromatic N) is 2. The van der Waals surface area contributed by atoms with Crippen molar-refractivity contribution in [3.05, 3.63) is 16.0 Å². The number of aliphatic imine (C=N–C) groups is 1. The van der Waals surface area contributed by atoms with Gasteiger partial charge in [0.25, 0.3) is 0 Å². The van der Waals surface area contributed by atoms with Gasteiger partial charge in [0.05, 0.1) is 10.4 Å². The number of hydrogen-bond acceptors (Lipinski definition) is 4. The molecule has 13 heavy (non-hydrogen) atoms. The van der Waals surface area contributed by atoms with Crippen LogP contribution in [0.1, 0.15) is 11.8 Å². The van der Waals surface area contributed by atoms with Crippen molar-refractivity contribution in [3.8, 4) is 0 Å². The predicted molar refractivity (Wildman–Crippen MR) is 52.6 cm³/mol. The molecule has 68 valence electrons. The maximum atomic E-state index is 10.5. The van der Waals surface area contributed by atoms with Gasteiger partial charge in [-0.3, -0.25) is 0 Å². The summed E-state index contributed by atoms with van der Waals surface area (Å²) in [7, 11) is 0. The third-order valence-electron chi connectivity index (χ3n) is 1.41. The molecule has 0 unspecified atom stereocenters. The topological polar surface area (TPSA) is 62.5 Å². The summed E-state index contributed by atoms with van der Waals surface area (Å²) in [4.78, 5) is 18.8. The Hall–Kier alpha value is -1.49. The molecule has 0 aliphatic rings. The molecule has 1 heterocycles. The van der Waals surface area contributed by atoms with Crippen LogP contribution >= 0.6 is 11.3 Å². The van der Waals surface area contributed by atoms with Crippen LogP contribution < -0.4 is 0 Å². The summed E-state index contributed by atoms with van der Waals surface area (Å²) in [6.07, 6.45) is 1.53. The first-order valence-electron chi connectivity index (χ1n) is 3.47. The van der Waals surface area contributed by atoms with Gasteiger partial charge in [0.1, 0.15) is 0 Å². The Morgan fingerprint density at radius 3 is 3.08 bits per heavy atom. The van der Waals surface area contributed by atoms with E-state index in [0.29, 0.717) is 5.82 Å². The number of carboxylic acids is 1. The molecule has 0 amide bonds. The third kappa shape index (κ3) is 2.22. The Morgan fingerprint density at radius 2 is 2.54 bits per heavy atom. The molecule has 5 heteroatoms. The number of aliphatic carboxylic acids is 1. The van der Waals surface area contributed by atoms with E-state index in [-0.39, 0.29) is 5.57 Å². The van der Waals surface area contributed by atoms with Gasteiger partial charge >= 0.3 is 5.97 Å². The molecule has 0 saturated heterocycles. The van der Waals surface area contributed by atoms with Gasteiger partial charge in [0.2, 0.25) is 0 Å². The number of thiazole rings is 1. The van der Waals surface area contributed by atoms with Crippen LogP contribution in [0, 0.1) is 0 Å². The summed E-state index contributed by atoms with van der Waals surface area (Å²) in [5.74, 6) is -0.464. The fourth-order valence-corrected chi connectivity index (χ4v) is 1.46. The van der Waals surface area contributed by atoms with Crippen molar-refractivity contribution < 1.29 is 9.90 Å². The molecule has 1 aromatic heterocycles. The van der Waals surface area contributed by atoms with Gasteiger partial charge in [0.15, 0.2) is 5.82 Å². The van der Waals surface area contributed by atoms with Crippen LogP contribution in [0.4, 0.5) is 5.82 Å². The highest BCUT2D eigenvalue weighted by Crippen LogP contribution is 2.23. The lowest BCUT2D eigenvalue weighted by Gasteiger charge is -1.91. The van der Waals surface area contributed by atoms with Crippen molar-refractivity contribution in [1.82, 2.24) is 4.98 Å². The molecular weight excluding hydrogens is 188 g/mol. The van der Waals surface area contributed by atoms with Gasteiger partial charge in [0, 0.05) is 5.57 Å². The molecule has 0 spiro atoms. The maximum absolute atomic E-state index is 10.5. The van der Waals surface area contributed by atoms with Crippen molar-refractivity contribution in [1.29, 1.82) is 0 Å². The summed E-state index contributed by atoms with van der Waals surface area (Å²) in [6, 6.07) is 0. The average molecular weight is 196 g/mol. The van der Waals surface area contributed by atoms with Gasteiger partial charge in [-0.25, -0.2) is 14.8 Å². The minimum atomic E-state index is -0.941. The van der Waals surface area contributed by atoms with Crippen molar-refractivity contribution in [3.63, 3.8) is 0 Å². The summed E-state index contributed by atoms with van der Waals surface area (Å²) >= 11 is 1.34. The van der Waals surface area contributed by atoms with Gasteiger partial charge in [-0.2, -0.15) is 0 Å². The molecule has 0 aliphatic carbocycles. The van der Waals surface area contributed by atoms with E-state index in [1.165, 1.54) is 24.3 Å². The summed E-state index contributed by atoms with van der Waals surface area (Å²) in [5, 5.41) is 8.61. The lowest BCUT2D eigenvalue weighted by molar-refractivity contribution is -0.132. The van der Waals surface area contributed by atoms with E-state index in [0.717, 1.165) is 4.88 Å². The number of carbonyl (C=O) groups is 1. The van der Waals surface area contributed by atoms with Crippen molar-refractivity contribution in [2.45, 2.75) is 6.92 Å². The zero-order chi connectivity index (χ0) is 9.84. The second-order valence-electron chi connectivity index (χ2n) is 2.33. The predicted octanol–water partition coefficient (Wildman–Crippen LogP) is 1.96. The molecule has 4 nitrogen and oxygen atoms in total. The fourth-order valence-electron chi connectivity index (χ4n) is 0.725. The molecule has 0 saturated carbocycles. The van der Waals surface area contributed by atoms with Crippen LogP contribution in [-0.2, 0) is 4.79 Å². The van der Waals surface area contributed by atoms with Crippen LogP contribution in [0.5, 0.6) is 0 Å². The summed E-state index contributed by atoms with van der Waals surface area (Å²) in [5.41, 5.74) is 1.86. The van der Waals surface area contributed by atoms with E-state index in [9.17, 15) is 4.79 Å². The fraction of sp³-hybridized carbons (Fsp3) is 0.125. The highest BCUT2D eigenvalue weighted by molar-refractivity contribution is 7.11. The van der Waals surface area contributed by atoms with Crippen molar-refractivity contribution >= 4 is 35.9 Å². The van der Waals surface area contributed by atoms with Crippen LogP contribution in [0.25, 0.3) is 6.08 Å². The second kappa shape index (κ2) is 3.95. The Labute approximate surface area is 79.3 Å². The minimum Gasteiger partial charge on any atom is -0.478 e. The van der Waals surface area contributed by atoms with E-state index in [1.54, 1.807) is 5.51 Å². The monoisotopic (exact) mass is 196 g/mol. The van der Waals surface area contributed by atoms with E-state index in [2.05, 4.69) is 16.7 Å². The molecule has 1 rings (SSSR count). The summed E-state index contributed by atoms with van der Waals surface area (Å²) in [6.45, 7) is 4.86. The second-order valence-corrected chi connectivity index (χ2v) is 3.22. The SMILES string of the molecule is C=Nc1ncsc1/C=C(\C)C(=O)O. The maximum Gasteiger partial charge on any atom is 0.331 e. The molecule has 0 aliphatic heterocycles. The highest BCUT2D eigenvalue weighted by atomic mass is 32.1. The highest BCUT2D eigenvalue weighted by Gasteiger charge is 2.04. The molecular formula is C8H8N2O2S. The molecule has 0 fully saturated rings. The van der Waals surface area contributed by atoms with Crippen LogP contribution in [0.15, 0.2) is 16.1 Å². The molecule has 1 N–H and O–H groups in total. The molecule has 0 bridgehead atoms. The lowest BCUT2D eigenvalue weighted by atomic mass is 10.2. The van der Waals surface area contributed by atoms with E-state index >= 15 is 0 Å². The third-order valence-corrected chi connectivity index (χ3v) is 2.17. The number of rotatable bonds is 3. The van der Waals surface area contributed by atoms with E-state index in [4.69, 9.17) is 5.11 Å². The van der Waals surface area contributed by atoms with Crippen LogP contribution in [0.2, 0.25) is 0 Å². The lowest BCUT2D eigenvalue weighted by Crippen LogP contribution is -1.94. The first-order chi connectivity index (χ1) is 6.15. The van der Waals surface area contributed by atoms with Gasteiger partial charge in [-0.05, 0) is 19.7 Å². The smallest absolute Gasteiger partial charge is 0.331 e. The van der Waals surface area contributed by atoms with Gasteiger partial charge in [-0.15, -0.1) is 11.3 Å². The van der Waals surface area contributed by atoms with Crippen LogP contribution in [0.3, 0.4) is 0 Å². The van der Waals surface area contributed by atoms with E-state index < -0.39 is 5.97 Å². The zero-order valence-electron chi connectivity index (χ0n) is 7.02. The quantitative estimate of drug-likeness (QED) is 0.593. The Kier molecular flexibility index (Phi) is 2.92.